The van der Waals surface area contributed by atoms with Gasteiger partial charge in [0.15, 0.2) is 0 Å². The van der Waals surface area contributed by atoms with E-state index < -0.39 is 16.2 Å². The fourth-order valence-corrected chi connectivity index (χ4v) is 2.83. The van der Waals surface area contributed by atoms with Crippen molar-refractivity contribution in [1.29, 1.82) is 0 Å². The number of hydrogen-bond donors (Lipinski definition) is 1. The summed E-state index contributed by atoms with van der Waals surface area (Å²) >= 11 is 3.43. The Hall–Kier alpha value is -1.12. The van der Waals surface area contributed by atoms with Crippen LogP contribution in [0.4, 0.5) is 5.69 Å². The van der Waals surface area contributed by atoms with Crippen molar-refractivity contribution in [2.75, 3.05) is 25.4 Å². The summed E-state index contributed by atoms with van der Waals surface area (Å²) in [6.45, 7) is 3.82. The van der Waals surface area contributed by atoms with Crippen molar-refractivity contribution < 1.29 is 17.9 Å². The van der Waals surface area contributed by atoms with Crippen molar-refractivity contribution in [3.8, 4) is 0 Å². The minimum Gasteiger partial charge on any atom is -0.469 e. The first kappa shape index (κ1) is 17.9. The summed E-state index contributed by atoms with van der Waals surface area (Å²) in [5.74, 6) is -0.451. The SMILES string of the molecule is COC(=O)CCN(C)S(=O)(=O)Nc1cc(C)c(Br)c(C)c1. The van der Waals surface area contributed by atoms with Gasteiger partial charge in [-0.05, 0) is 37.1 Å². The van der Waals surface area contributed by atoms with Crippen molar-refractivity contribution in [2.45, 2.75) is 20.3 Å². The fraction of sp³-hybridized carbons (Fsp3) is 0.462. The molecule has 0 heterocycles. The van der Waals surface area contributed by atoms with Gasteiger partial charge >= 0.3 is 16.2 Å². The number of methoxy groups -OCH3 is 1. The second-order valence-electron chi connectivity index (χ2n) is 4.68. The van der Waals surface area contributed by atoms with Gasteiger partial charge in [0, 0.05) is 18.1 Å². The third-order valence-corrected chi connectivity index (χ3v) is 5.70. The molecule has 1 aromatic rings. The van der Waals surface area contributed by atoms with Gasteiger partial charge in [-0.3, -0.25) is 9.52 Å². The van der Waals surface area contributed by atoms with E-state index in [1.807, 2.05) is 13.8 Å². The molecule has 0 atom stereocenters. The lowest BCUT2D eigenvalue weighted by Gasteiger charge is -2.18. The largest absolute Gasteiger partial charge is 0.469 e. The van der Waals surface area contributed by atoms with E-state index in [1.54, 1.807) is 12.1 Å². The number of hydrogen-bond acceptors (Lipinski definition) is 4. The van der Waals surface area contributed by atoms with Crippen LogP contribution in [0.3, 0.4) is 0 Å². The van der Waals surface area contributed by atoms with Crippen molar-refractivity contribution in [2.24, 2.45) is 0 Å². The average Bonchev–Trinajstić information content (AvgIpc) is 2.40. The van der Waals surface area contributed by atoms with Crippen LogP contribution in [0.25, 0.3) is 0 Å². The summed E-state index contributed by atoms with van der Waals surface area (Å²) in [5, 5.41) is 0. The lowest BCUT2D eigenvalue weighted by Crippen LogP contribution is -2.34. The fourth-order valence-electron chi connectivity index (χ4n) is 1.70. The van der Waals surface area contributed by atoms with Gasteiger partial charge in [-0.2, -0.15) is 12.7 Å². The van der Waals surface area contributed by atoms with Crippen LogP contribution < -0.4 is 4.72 Å². The van der Waals surface area contributed by atoms with Crippen LogP contribution in [0.5, 0.6) is 0 Å². The molecule has 0 radical (unpaired) electrons. The zero-order valence-electron chi connectivity index (χ0n) is 12.4. The van der Waals surface area contributed by atoms with E-state index in [-0.39, 0.29) is 13.0 Å². The van der Waals surface area contributed by atoms with E-state index in [0.29, 0.717) is 5.69 Å². The summed E-state index contributed by atoms with van der Waals surface area (Å²) < 4.78 is 33.3. The number of ether oxygens (including phenoxy) is 1. The first-order valence-corrected chi connectivity index (χ1v) is 8.48. The van der Waals surface area contributed by atoms with E-state index in [1.165, 1.54) is 14.2 Å². The van der Waals surface area contributed by atoms with Gasteiger partial charge in [0.2, 0.25) is 0 Å². The number of aryl methyl sites for hydroxylation is 2. The minimum absolute atomic E-state index is 0.00625. The number of nitrogens with one attached hydrogen (secondary N) is 1. The molecule has 6 nitrogen and oxygen atoms in total. The van der Waals surface area contributed by atoms with E-state index in [2.05, 4.69) is 25.4 Å². The van der Waals surface area contributed by atoms with Crippen LogP contribution in [0.2, 0.25) is 0 Å². The number of rotatable bonds is 6. The predicted octanol–water partition coefficient (Wildman–Crippen LogP) is 2.22. The zero-order chi connectivity index (χ0) is 16.2. The molecular formula is C13H19BrN2O4S. The van der Waals surface area contributed by atoms with Crippen LogP contribution in [-0.4, -0.2) is 39.4 Å². The number of benzene rings is 1. The lowest BCUT2D eigenvalue weighted by molar-refractivity contribution is -0.140. The number of carbonyl (C=O) groups excluding carboxylic acids is 1. The Labute approximate surface area is 133 Å². The predicted molar refractivity (Wildman–Crippen MR) is 85.4 cm³/mol. The standard InChI is InChI=1S/C13H19BrN2O4S/c1-9-7-11(8-10(2)13(9)14)15-21(18,19)16(3)6-5-12(17)20-4/h7-8,15H,5-6H2,1-4H3. The van der Waals surface area contributed by atoms with Crippen molar-refractivity contribution >= 4 is 37.8 Å². The Bertz CT molecular complexity index is 608. The Morgan fingerprint density at radius 2 is 1.86 bits per heavy atom. The summed E-state index contributed by atoms with van der Waals surface area (Å²) in [7, 11) is -1.03. The van der Waals surface area contributed by atoms with Gasteiger partial charge in [0.1, 0.15) is 0 Å². The van der Waals surface area contributed by atoms with Crippen molar-refractivity contribution in [3.63, 3.8) is 0 Å². The highest BCUT2D eigenvalue weighted by Crippen LogP contribution is 2.25. The molecule has 0 saturated heterocycles. The van der Waals surface area contributed by atoms with E-state index in [0.717, 1.165) is 19.9 Å². The summed E-state index contributed by atoms with van der Waals surface area (Å²) in [4.78, 5) is 11.1. The third-order valence-electron chi connectivity index (χ3n) is 2.95. The molecule has 0 spiro atoms. The molecule has 1 rings (SSSR count). The van der Waals surface area contributed by atoms with Gasteiger partial charge in [0.05, 0.1) is 19.2 Å². The molecule has 8 heteroatoms. The van der Waals surface area contributed by atoms with E-state index >= 15 is 0 Å². The number of halogens is 1. The molecule has 0 fully saturated rings. The van der Waals surface area contributed by atoms with Gasteiger partial charge in [-0.1, -0.05) is 15.9 Å². The Balaban J connectivity index is 2.83. The molecule has 0 aliphatic rings. The number of anilines is 1. The maximum Gasteiger partial charge on any atom is 0.306 e. The molecule has 0 amide bonds. The number of esters is 1. The Kier molecular flexibility index (Phi) is 6.18. The minimum atomic E-state index is -3.70. The molecule has 0 saturated carbocycles. The van der Waals surface area contributed by atoms with Crippen LogP contribution in [0, 0.1) is 13.8 Å². The molecule has 0 aromatic heterocycles. The summed E-state index contributed by atoms with van der Waals surface area (Å²) in [6.07, 6.45) is 0.00625. The first-order chi connectivity index (χ1) is 9.67. The quantitative estimate of drug-likeness (QED) is 0.769. The van der Waals surface area contributed by atoms with E-state index in [9.17, 15) is 13.2 Å². The topological polar surface area (TPSA) is 75.7 Å². The molecule has 21 heavy (non-hydrogen) atoms. The highest BCUT2D eigenvalue weighted by Gasteiger charge is 2.19. The normalized spacial score (nSPS) is 11.5. The monoisotopic (exact) mass is 378 g/mol. The molecule has 0 aliphatic carbocycles. The van der Waals surface area contributed by atoms with Gasteiger partial charge in [-0.15, -0.1) is 0 Å². The Morgan fingerprint density at radius 1 is 1.33 bits per heavy atom. The third kappa shape index (κ3) is 4.98. The summed E-state index contributed by atoms with van der Waals surface area (Å²) in [5.41, 5.74) is 2.35. The molecule has 1 aromatic carbocycles. The molecule has 118 valence electrons. The van der Waals surface area contributed by atoms with Crippen LogP contribution >= 0.6 is 15.9 Å². The van der Waals surface area contributed by atoms with Crippen molar-refractivity contribution in [3.05, 3.63) is 27.7 Å². The maximum atomic E-state index is 12.2. The van der Waals surface area contributed by atoms with Gasteiger partial charge < -0.3 is 4.74 Å². The molecule has 0 aliphatic heterocycles. The van der Waals surface area contributed by atoms with Crippen LogP contribution in [-0.2, 0) is 19.7 Å². The van der Waals surface area contributed by atoms with Gasteiger partial charge in [-0.25, -0.2) is 0 Å². The summed E-state index contributed by atoms with van der Waals surface area (Å²) in [6, 6.07) is 3.48. The van der Waals surface area contributed by atoms with Crippen molar-refractivity contribution in [1.82, 2.24) is 4.31 Å². The van der Waals surface area contributed by atoms with Crippen LogP contribution in [0.15, 0.2) is 16.6 Å². The first-order valence-electron chi connectivity index (χ1n) is 6.25. The molecule has 0 bridgehead atoms. The highest BCUT2D eigenvalue weighted by atomic mass is 79.9. The van der Waals surface area contributed by atoms with Gasteiger partial charge in [0.25, 0.3) is 0 Å². The smallest absolute Gasteiger partial charge is 0.306 e. The Morgan fingerprint density at radius 3 is 2.33 bits per heavy atom. The lowest BCUT2D eigenvalue weighted by atomic mass is 10.1. The average molecular weight is 379 g/mol. The molecule has 0 unspecified atom stereocenters. The second-order valence-corrected chi connectivity index (χ2v) is 7.25. The maximum absolute atomic E-state index is 12.2. The van der Waals surface area contributed by atoms with E-state index in [4.69, 9.17) is 0 Å². The number of nitrogens with zero attached hydrogens (tertiary/aromatic N) is 1. The number of carbonyl (C=O) groups is 1. The molecule has 1 N–H and O–H groups in total. The highest BCUT2D eigenvalue weighted by molar-refractivity contribution is 9.10. The van der Waals surface area contributed by atoms with Crippen LogP contribution in [0.1, 0.15) is 17.5 Å². The molecular weight excluding hydrogens is 360 g/mol. The zero-order valence-corrected chi connectivity index (χ0v) is 14.8. The second kappa shape index (κ2) is 7.24.